The summed E-state index contributed by atoms with van der Waals surface area (Å²) in [6.45, 7) is 2.09. The lowest BCUT2D eigenvalue weighted by atomic mass is 9.95. The Bertz CT molecular complexity index is 1020. The molecule has 150 valence electrons. The zero-order valence-electron chi connectivity index (χ0n) is 15.9. The third-order valence-corrected chi connectivity index (χ3v) is 5.16. The number of aryl methyl sites for hydroxylation is 2. The predicted octanol–water partition coefficient (Wildman–Crippen LogP) is 7.17. The molecule has 0 fully saturated rings. The molecule has 5 heteroatoms. The number of alkyl halides is 2. The molecule has 0 unspecified atom stereocenters. The van der Waals surface area contributed by atoms with E-state index in [2.05, 4.69) is 11.7 Å². The Morgan fingerprint density at radius 3 is 2.17 bits per heavy atom. The normalized spacial score (nSPS) is 14.9. The highest BCUT2D eigenvalue weighted by Gasteiger charge is 2.36. The van der Waals surface area contributed by atoms with Gasteiger partial charge in [0.1, 0.15) is 17.4 Å². The molecule has 0 amide bonds. The second-order valence-corrected chi connectivity index (χ2v) is 7.32. The van der Waals surface area contributed by atoms with Crippen LogP contribution >= 0.6 is 0 Å². The second-order valence-electron chi connectivity index (χ2n) is 7.32. The van der Waals surface area contributed by atoms with Crippen molar-refractivity contribution in [2.75, 3.05) is 0 Å². The van der Waals surface area contributed by atoms with Crippen molar-refractivity contribution in [3.63, 3.8) is 0 Å². The zero-order chi connectivity index (χ0) is 20.6. The molecule has 0 saturated carbocycles. The fourth-order valence-corrected chi connectivity index (χ4v) is 3.69. The summed E-state index contributed by atoms with van der Waals surface area (Å²) < 4.78 is 61.1. The Labute approximate surface area is 167 Å². The standard InChI is InChI=1S/C24H20F4O/c1-2-3-15-4-6-16(7-5-15)19-13-20(25)23(21(26)14-19)18-8-9-22-17(12-18)10-11-24(27,28)29-22/h4-9,12-14H,2-3,10-11H2,1H3. The summed E-state index contributed by atoms with van der Waals surface area (Å²) >= 11 is 0. The van der Waals surface area contributed by atoms with Crippen LogP contribution in [0, 0.1) is 11.6 Å². The van der Waals surface area contributed by atoms with E-state index in [0.717, 1.165) is 18.4 Å². The molecule has 3 aromatic rings. The molecule has 1 aliphatic rings. The van der Waals surface area contributed by atoms with Crippen molar-refractivity contribution in [1.29, 1.82) is 0 Å². The van der Waals surface area contributed by atoms with Gasteiger partial charge in [-0.05, 0) is 64.9 Å². The van der Waals surface area contributed by atoms with Crippen molar-refractivity contribution < 1.29 is 22.3 Å². The van der Waals surface area contributed by atoms with Crippen molar-refractivity contribution in [3.8, 4) is 28.0 Å². The first-order valence-corrected chi connectivity index (χ1v) is 9.65. The SMILES string of the molecule is CCCc1ccc(-c2cc(F)c(-c3ccc4c(c3)CCC(F)(F)O4)c(F)c2)cc1. The minimum absolute atomic E-state index is 0.0506. The van der Waals surface area contributed by atoms with Crippen molar-refractivity contribution >= 4 is 0 Å². The summed E-state index contributed by atoms with van der Waals surface area (Å²) in [5.41, 5.74) is 3.01. The van der Waals surface area contributed by atoms with E-state index in [0.29, 0.717) is 16.7 Å². The van der Waals surface area contributed by atoms with Crippen LogP contribution in [0.15, 0.2) is 54.6 Å². The molecule has 0 bridgehead atoms. The minimum atomic E-state index is -3.21. The van der Waals surface area contributed by atoms with Gasteiger partial charge >= 0.3 is 6.11 Å². The van der Waals surface area contributed by atoms with Crippen molar-refractivity contribution in [1.82, 2.24) is 0 Å². The van der Waals surface area contributed by atoms with E-state index < -0.39 is 24.2 Å². The Hall–Kier alpha value is -2.82. The zero-order valence-corrected chi connectivity index (χ0v) is 15.9. The van der Waals surface area contributed by atoms with Crippen LogP contribution in [0.4, 0.5) is 17.6 Å². The minimum Gasteiger partial charge on any atom is -0.432 e. The van der Waals surface area contributed by atoms with Gasteiger partial charge in [0.25, 0.3) is 0 Å². The van der Waals surface area contributed by atoms with Crippen LogP contribution in [-0.2, 0) is 12.8 Å². The van der Waals surface area contributed by atoms with Crippen LogP contribution in [-0.4, -0.2) is 6.11 Å². The maximum absolute atomic E-state index is 14.8. The van der Waals surface area contributed by atoms with Gasteiger partial charge in [-0.15, -0.1) is 0 Å². The van der Waals surface area contributed by atoms with E-state index in [1.165, 1.54) is 35.9 Å². The van der Waals surface area contributed by atoms with Gasteiger partial charge in [0, 0.05) is 0 Å². The number of rotatable bonds is 4. The molecule has 0 aliphatic carbocycles. The van der Waals surface area contributed by atoms with Gasteiger partial charge in [-0.1, -0.05) is 43.7 Å². The summed E-state index contributed by atoms with van der Waals surface area (Å²) in [5.74, 6) is -1.34. The number of hydrogen-bond acceptors (Lipinski definition) is 1. The third kappa shape index (κ3) is 4.00. The first kappa shape index (κ1) is 19.5. The van der Waals surface area contributed by atoms with Crippen LogP contribution in [0.3, 0.4) is 0 Å². The molecule has 1 heterocycles. The van der Waals surface area contributed by atoms with E-state index in [1.807, 2.05) is 24.3 Å². The summed E-state index contributed by atoms with van der Waals surface area (Å²) in [5, 5.41) is 0. The Morgan fingerprint density at radius 2 is 1.52 bits per heavy atom. The summed E-state index contributed by atoms with van der Waals surface area (Å²) in [6.07, 6.45) is -1.60. The molecule has 1 nitrogen and oxygen atoms in total. The average Bonchev–Trinajstić information content (AvgIpc) is 2.68. The monoisotopic (exact) mass is 400 g/mol. The fraction of sp³-hybridized carbons (Fsp3) is 0.250. The molecule has 0 spiro atoms. The number of fused-ring (bicyclic) bond motifs is 1. The quantitative estimate of drug-likeness (QED) is 0.422. The topological polar surface area (TPSA) is 9.23 Å². The summed E-state index contributed by atoms with van der Waals surface area (Å²) in [4.78, 5) is 0. The molecule has 4 rings (SSSR count). The van der Waals surface area contributed by atoms with Gasteiger partial charge in [0.05, 0.1) is 12.0 Å². The Kier molecular flexibility index (Phi) is 5.07. The lowest BCUT2D eigenvalue weighted by molar-refractivity contribution is -0.187. The molecule has 0 N–H and O–H groups in total. The van der Waals surface area contributed by atoms with Gasteiger partial charge in [0.2, 0.25) is 0 Å². The number of benzene rings is 3. The third-order valence-electron chi connectivity index (χ3n) is 5.16. The van der Waals surface area contributed by atoms with E-state index in [4.69, 9.17) is 0 Å². The van der Waals surface area contributed by atoms with Crippen LogP contribution in [0.2, 0.25) is 0 Å². The highest BCUT2D eigenvalue weighted by atomic mass is 19.3. The van der Waals surface area contributed by atoms with Gasteiger partial charge in [-0.3, -0.25) is 0 Å². The van der Waals surface area contributed by atoms with Crippen LogP contribution in [0.25, 0.3) is 22.3 Å². The van der Waals surface area contributed by atoms with Gasteiger partial charge in [-0.2, -0.15) is 8.78 Å². The molecule has 1 aliphatic heterocycles. The fourth-order valence-electron chi connectivity index (χ4n) is 3.69. The molecule has 3 aromatic carbocycles. The molecular weight excluding hydrogens is 380 g/mol. The first-order valence-electron chi connectivity index (χ1n) is 9.65. The summed E-state index contributed by atoms with van der Waals surface area (Å²) in [7, 11) is 0. The number of halogens is 4. The average molecular weight is 400 g/mol. The van der Waals surface area contributed by atoms with Crippen molar-refractivity contribution in [2.45, 2.75) is 38.7 Å². The smallest absolute Gasteiger partial charge is 0.398 e. The molecule has 0 radical (unpaired) electrons. The highest BCUT2D eigenvalue weighted by Crippen LogP contribution is 2.39. The highest BCUT2D eigenvalue weighted by molar-refractivity contribution is 5.73. The van der Waals surface area contributed by atoms with E-state index in [9.17, 15) is 17.6 Å². The maximum atomic E-state index is 14.8. The first-order chi connectivity index (χ1) is 13.9. The Balaban J connectivity index is 1.68. The van der Waals surface area contributed by atoms with E-state index in [1.54, 1.807) is 0 Å². The van der Waals surface area contributed by atoms with E-state index >= 15 is 0 Å². The molecule has 0 aromatic heterocycles. The second kappa shape index (κ2) is 7.54. The molecule has 0 atom stereocenters. The molecular formula is C24H20F4O. The van der Waals surface area contributed by atoms with Gasteiger partial charge < -0.3 is 4.74 Å². The van der Waals surface area contributed by atoms with Crippen LogP contribution < -0.4 is 4.74 Å². The lowest BCUT2D eigenvalue weighted by Gasteiger charge is -2.25. The summed E-state index contributed by atoms with van der Waals surface area (Å²) in [6, 6.07) is 14.5. The predicted molar refractivity (Wildman–Crippen MR) is 105 cm³/mol. The molecule has 29 heavy (non-hydrogen) atoms. The Morgan fingerprint density at radius 1 is 0.862 bits per heavy atom. The van der Waals surface area contributed by atoms with Crippen LogP contribution in [0.5, 0.6) is 5.75 Å². The van der Waals surface area contributed by atoms with Crippen molar-refractivity contribution in [2.24, 2.45) is 0 Å². The lowest BCUT2D eigenvalue weighted by Crippen LogP contribution is -2.29. The van der Waals surface area contributed by atoms with Crippen LogP contribution in [0.1, 0.15) is 30.9 Å². The number of ether oxygens (including phenoxy) is 1. The van der Waals surface area contributed by atoms with Gasteiger partial charge in [0.15, 0.2) is 0 Å². The molecule has 0 saturated heterocycles. The largest absolute Gasteiger partial charge is 0.432 e. The van der Waals surface area contributed by atoms with E-state index in [-0.39, 0.29) is 17.7 Å². The van der Waals surface area contributed by atoms with Gasteiger partial charge in [-0.25, -0.2) is 8.78 Å². The van der Waals surface area contributed by atoms with Crippen molar-refractivity contribution in [3.05, 3.63) is 77.4 Å². The number of hydrogen-bond donors (Lipinski definition) is 0. The maximum Gasteiger partial charge on any atom is 0.398 e.